The molecule has 2 heterocycles. The van der Waals surface area contributed by atoms with Crippen LogP contribution in [-0.2, 0) is 10.2 Å². The second-order valence-electron chi connectivity index (χ2n) is 8.46. The third-order valence-electron chi connectivity index (χ3n) is 4.26. The van der Waals surface area contributed by atoms with E-state index in [2.05, 4.69) is 42.7 Å². The fraction of sp³-hybridized carbons (Fsp3) is 0.824. The summed E-state index contributed by atoms with van der Waals surface area (Å²) in [6.07, 6.45) is 0. The Balaban J connectivity index is 1.97. The maximum Gasteiger partial charge on any atom is 0.243 e. The van der Waals surface area contributed by atoms with Crippen LogP contribution in [0.2, 0.25) is 0 Å². The van der Waals surface area contributed by atoms with Crippen molar-refractivity contribution in [2.45, 2.75) is 59.9 Å². The number of rotatable bonds is 2. The molecule has 0 N–H and O–H groups in total. The lowest BCUT2D eigenvalue weighted by Gasteiger charge is -2.39. The van der Waals surface area contributed by atoms with Gasteiger partial charge in [0.1, 0.15) is 0 Å². The van der Waals surface area contributed by atoms with Crippen LogP contribution in [0.25, 0.3) is 0 Å². The van der Waals surface area contributed by atoms with Crippen molar-refractivity contribution in [3.63, 3.8) is 0 Å². The van der Waals surface area contributed by atoms with Gasteiger partial charge < -0.3 is 9.42 Å². The molecule has 23 heavy (non-hydrogen) atoms. The summed E-state index contributed by atoms with van der Waals surface area (Å²) in [6, 6.07) is 0.0745. The number of amides is 1. The van der Waals surface area contributed by atoms with Crippen molar-refractivity contribution in [2.24, 2.45) is 5.41 Å². The molecule has 0 bridgehead atoms. The van der Waals surface area contributed by atoms with E-state index in [-0.39, 0.29) is 22.8 Å². The van der Waals surface area contributed by atoms with E-state index in [1.165, 1.54) is 0 Å². The average Bonchev–Trinajstić information content (AvgIpc) is 2.95. The molecule has 130 valence electrons. The van der Waals surface area contributed by atoms with Crippen molar-refractivity contribution in [1.82, 2.24) is 19.9 Å². The van der Waals surface area contributed by atoms with Crippen LogP contribution in [0, 0.1) is 5.41 Å². The topological polar surface area (TPSA) is 62.5 Å². The van der Waals surface area contributed by atoms with Gasteiger partial charge in [0, 0.05) is 37.0 Å². The fourth-order valence-corrected chi connectivity index (χ4v) is 2.65. The molecule has 6 heteroatoms. The van der Waals surface area contributed by atoms with Gasteiger partial charge in [-0.05, 0) is 6.92 Å². The van der Waals surface area contributed by atoms with Crippen LogP contribution in [0.3, 0.4) is 0 Å². The molecule has 0 radical (unpaired) electrons. The summed E-state index contributed by atoms with van der Waals surface area (Å²) in [4.78, 5) is 21.2. The Morgan fingerprint density at radius 3 is 2.09 bits per heavy atom. The van der Waals surface area contributed by atoms with Gasteiger partial charge in [-0.1, -0.05) is 46.7 Å². The average molecular weight is 322 g/mol. The third kappa shape index (κ3) is 4.10. The molecule has 0 saturated carbocycles. The van der Waals surface area contributed by atoms with Gasteiger partial charge >= 0.3 is 0 Å². The van der Waals surface area contributed by atoms with Crippen molar-refractivity contribution >= 4 is 5.91 Å². The van der Waals surface area contributed by atoms with Crippen molar-refractivity contribution in [3.05, 3.63) is 11.7 Å². The fourth-order valence-electron chi connectivity index (χ4n) is 2.65. The summed E-state index contributed by atoms with van der Waals surface area (Å²) in [5.41, 5.74) is -0.429. The molecule has 1 aromatic rings. The highest BCUT2D eigenvalue weighted by atomic mass is 16.5. The smallest absolute Gasteiger partial charge is 0.243 e. The van der Waals surface area contributed by atoms with Gasteiger partial charge in [-0.25, -0.2) is 0 Å². The highest BCUT2D eigenvalue weighted by molar-refractivity contribution is 5.81. The van der Waals surface area contributed by atoms with E-state index in [9.17, 15) is 4.79 Å². The molecule has 1 amide bonds. The summed E-state index contributed by atoms with van der Waals surface area (Å²) in [5, 5.41) is 4.10. The summed E-state index contributed by atoms with van der Waals surface area (Å²) in [5.74, 6) is 1.61. The predicted octanol–water partition coefficient (Wildman–Crippen LogP) is 2.62. The van der Waals surface area contributed by atoms with Crippen molar-refractivity contribution in [2.75, 3.05) is 26.2 Å². The largest absolute Gasteiger partial charge is 0.340 e. The molecule has 1 aliphatic rings. The third-order valence-corrected chi connectivity index (χ3v) is 4.26. The standard InChI is InChI=1S/C17H30N4O2/c1-12(13-18-14(19-23-13)16(2,3)4)20-8-10-21(11-9-20)15(22)17(5,6)7/h12H,8-11H2,1-7H3. The Bertz CT molecular complexity index is 546. The molecular formula is C17H30N4O2. The van der Waals surface area contributed by atoms with Gasteiger partial charge in [-0.3, -0.25) is 9.69 Å². The first-order chi connectivity index (χ1) is 10.5. The van der Waals surface area contributed by atoms with Gasteiger partial charge in [0.05, 0.1) is 6.04 Å². The Hall–Kier alpha value is -1.43. The summed E-state index contributed by atoms with van der Waals surface area (Å²) < 4.78 is 5.45. The lowest BCUT2D eigenvalue weighted by molar-refractivity contribution is -0.141. The zero-order valence-electron chi connectivity index (χ0n) is 15.5. The number of hydrogen-bond donors (Lipinski definition) is 0. The molecular weight excluding hydrogens is 292 g/mol. The molecule has 0 spiro atoms. The Labute approximate surface area is 139 Å². The van der Waals surface area contributed by atoms with Gasteiger partial charge in [0.2, 0.25) is 11.8 Å². The van der Waals surface area contributed by atoms with Crippen LogP contribution in [0.4, 0.5) is 0 Å². The van der Waals surface area contributed by atoms with Crippen LogP contribution >= 0.6 is 0 Å². The summed E-state index contributed by atoms with van der Waals surface area (Å²) in [7, 11) is 0. The minimum absolute atomic E-state index is 0.0745. The van der Waals surface area contributed by atoms with Gasteiger partial charge in [-0.2, -0.15) is 4.98 Å². The second kappa shape index (κ2) is 6.23. The van der Waals surface area contributed by atoms with E-state index in [1.54, 1.807) is 0 Å². The minimum Gasteiger partial charge on any atom is -0.340 e. The minimum atomic E-state index is -0.318. The summed E-state index contributed by atoms with van der Waals surface area (Å²) in [6.45, 7) is 17.4. The zero-order chi connectivity index (χ0) is 17.4. The maximum atomic E-state index is 12.3. The van der Waals surface area contributed by atoms with E-state index in [0.29, 0.717) is 5.89 Å². The predicted molar refractivity (Wildman–Crippen MR) is 89.0 cm³/mol. The number of carbonyl (C=O) groups is 1. The monoisotopic (exact) mass is 322 g/mol. The highest BCUT2D eigenvalue weighted by Gasteiger charge is 2.32. The molecule has 2 rings (SSSR count). The Morgan fingerprint density at radius 2 is 1.65 bits per heavy atom. The Kier molecular flexibility index (Phi) is 4.85. The first-order valence-corrected chi connectivity index (χ1v) is 8.37. The molecule has 1 fully saturated rings. The number of aromatic nitrogens is 2. The number of hydrogen-bond acceptors (Lipinski definition) is 5. The van der Waals surface area contributed by atoms with Gasteiger partial charge in [0.15, 0.2) is 5.82 Å². The molecule has 1 saturated heterocycles. The SMILES string of the molecule is CC(c1nc(C(C)(C)C)no1)N1CCN(C(=O)C(C)(C)C)CC1. The van der Waals surface area contributed by atoms with E-state index < -0.39 is 0 Å². The molecule has 6 nitrogen and oxygen atoms in total. The van der Waals surface area contributed by atoms with Crippen LogP contribution in [0.1, 0.15) is 66.2 Å². The number of nitrogens with zero attached hydrogens (tertiary/aromatic N) is 4. The quantitative estimate of drug-likeness (QED) is 0.837. The van der Waals surface area contributed by atoms with Crippen LogP contribution in [0.15, 0.2) is 4.52 Å². The molecule has 1 unspecified atom stereocenters. The first-order valence-electron chi connectivity index (χ1n) is 8.37. The van der Waals surface area contributed by atoms with Gasteiger partial charge in [-0.15, -0.1) is 0 Å². The first kappa shape index (κ1) is 17.9. The number of carbonyl (C=O) groups excluding carboxylic acids is 1. The lowest BCUT2D eigenvalue weighted by Crippen LogP contribution is -2.52. The van der Waals surface area contributed by atoms with E-state index in [1.807, 2.05) is 25.7 Å². The van der Waals surface area contributed by atoms with E-state index >= 15 is 0 Å². The molecule has 0 aliphatic carbocycles. The van der Waals surface area contributed by atoms with Crippen LogP contribution < -0.4 is 0 Å². The number of piperazine rings is 1. The second-order valence-corrected chi connectivity index (χ2v) is 8.46. The van der Waals surface area contributed by atoms with Crippen LogP contribution in [0.5, 0.6) is 0 Å². The maximum absolute atomic E-state index is 12.3. The molecule has 1 atom stereocenters. The van der Waals surface area contributed by atoms with Gasteiger partial charge in [0.25, 0.3) is 0 Å². The molecule has 1 aromatic heterocycles. The Morgan fingerprint density at radius 1 is 1.09 bits per heavy atom. The van der Waals surface area contributed by atoms with E-state index in [0.717, 1.165) is 32.0 Å². The van der Waals surface area contributed by atoms with Crippen molar-refractivity contribution in [3.8, 4) is 0 Å². The normalized spacial score (nSPS) is 19.0. The molecule has 1 aliphatic heterocycles. The zero-order valence-corrected chi connectivity index (χ0v) is 15.5. The van der Waals surface area contributed by atoms with E-state index in [4.69, 9.17) is 4.52 Å². The molecule has 0 aromatic carbocycles. The summed E-state index contributed by atoms with van der Waals surface area (Å²) >= 11 is 0. The van der Waals surface area contributed by atoms with Crippen molar-refractivity contribution < 1.29 is 9.32 Å². The highest BCUT2D eigenvalue weighted by Crippen LogP contribution is 2.25. The van der Waals surface area contributed by atoms with Crippen LogP contribution in [-0.4, -0.2) is 52.0 Å². The lowest BCUT2D eigenvalue weighted by atomic mass is 9.94. The van der Waals surface area contributed by atoms with Crippen molar-refractivity contribution in [1.29, 1.82) is 0 Å².